The van der Waals surface area contributed by atoms with Crippen molar-refractivity contribution in [1.29, 1.82) is 0 Å². The number of carbonyl (C=O) groups is 1. The van der Waals surface area contributed by atoms with Crippen molar-refractivity contribution < 1.29 is 14.3 Å². The summed E-state index contributed by atoms with van der Waals surface area (Å²) in [5.41, 5.74) is 3.23. The Bertz CT molecular complexity index is 680. The summed E-state index contributed by atoms with van der Waals surface area (Å²) in [5.74, 6) is 1.45. The molecule has 4 nitrogen and oxygen atoms in total. The number of aryl methyl sites for hydroxylation is 1. The summed E-state index contributed by atoms with van der Waals surface area (Å²) in [6, 6.07) is 13.5. The zero-order valence-electron chi connectivity index (χ0n) is 14.8. The van der Waals surface area contributed by atoms with Crippen molar-refractivity contribution in [2.24, 2.45) is 0 Å². The van der Waals surface area contributed by atoms with Gasteiger partial charge in [0.25, 0.3) is 5.91 Å². The van der Waals surface area contributed by atoms with Gasteiger partial charge < -0.3 is 14.8 Å². The molecule has 0 fully saturated rings. The lowest BCUT2D eigenvalue weighted by Gasteiger charge is -2.17. The molecule has 2 aromatic carbocycles. The van der Waals surface area contributed by atoms with Gasteiger partial charge in [-0.3, -0.25) is 4.79 Å². The highest BCUT2D eigenvalue weighted by Gasteiger charge is 2.15. The van der Waals surface area contributed by atoms with E-state index in [9.17, 15) is 4.79 Å². The van der Waals surface area contributed by atoms with Gasteiger partial charge in [-0.2, -0.15) is 0 Å². The Morgan fingerprint density at radius 1 is 1.12 bits per heavy atom. The summed E-state index contributed by atoms with van der Waals surface area (Å²) in [6.07, 6.45) is -0.548. The van der Waals surface area contributed by atoms with Gasteiger partial charge in [-0.1, -0.05) is 24.3 Å². The van der Waals surface area contributed by atoms with E-state index in [0.717, 1.165) is 28.2 Å². The van der Waals surface area contributed by atoms with Gasteiger partial charge in [-0.15, -0.1) is 0 Å². The summed E-state index contributed by atoms with van der Waals surface area (Å²) in [6.45, 7) is 8.84. The Morgan fingerprint density at radius 2 is 1.83 bits per heavy atom. The molecule has 1 atom stereocenters. The zero-order chi connectivity index (χ0) is 17.5. The smallest absolute Gasteiger partial charge is 0.261 e. The second kappa shape index (κ2) is 8.39. The van der Waals surface area contributed by atoms with Gasteiger partial charge in [0.1, 0.15) is 11.5 Å². The van der Waals surface area contributed by atoms with Crippen LogP contribution in [0.5, 0.6) is 11.5 Å². The molecule has 1 amide bonds. The van der Waals surface area contributed by atoms with E-state index in [4.69, 9.17) is 9.47 Å². The fraction of sp³-hybridized carbons (Fsp3) is 0.350. The monoisotopic (exact) mass is 327 g/mol. The largest absolute Gasteiger partial charge is 0.494 e. The molecule has 128 valence electrons. The molecule has 2 aromatic rings. The average molecular weight is 327 g/mol. The van der Waals surface area contributed by atoms with Crippen LogP contribution in [0.3, 0.4) is 0 Å². The topological polar surface area (TPSA) is 47.6 Å². The molecule has 0 heterocycles. The fourth-order valence-electron chi connectivity index (χ4n) is 2.30. The van der Waals surface area contributed by atoms with Gasteiger partial charge >= 0.3 is 0 Å². The maximum atomic E-state index is 12.2. The third kappa shape index (κ3) is 4.75. The highest BCUT2D eigenvalue weighted by molar-refractivity contribution is 5.80. The van der Waals surface area contributed by atoms with Crippen LogP contribution in [-0.4, -0.2) is 18.6 Å². The number of carbonyl (C=O) groups excluding carboxylic acids is 1. The molecule has 1 unspecified atom stereocenters. The van der Waals surface area contributed by atoms with Crippen LogP contribution in [0.4, 0.5) is 0 Å². The van der Waals surface area contributed by atoms with Crippen LogP contribution in [0.15, 0.2) is 42.5 Å². The summed E-state index contributed by atoms with van der Waals surface area (Å²) in [4.78, 5) is 12.2. The van der Waals surface area contributed by atoms with Gasteiger partial charge in [0.15, 0.2) is 6.10 Å². The van der Waals surface area contributed by atoms with E-state index in [-0.39, 0.29) is 5.91 Å². The molecule has 0 aliphatic heterocycles. The Kier molecular flexibility index (Phi) is 6.24. The van der Waals surface area contributed by atoms with E-state index in [2.05, 4.69) is 5.32 Å². The van der Waals surface area contributed by atoms with Crippen molar-refractivity contribution in [1.82, 2.24) is 5.32 Å². The summed E-state index contributed by atoms with van der Waals surface area (Å²) in [5, 5.41) is 2.90. The molecule has 0 aliphatic rings. The first kappa shape index (κ1) is 17.9. The minimum Gasteiger partial charge on any atom is -0.494 e. The molecule has 0 aliphatic carbocycles. The maximum absolute atomic E-state index is 12.2. The molecule has 0 aromatic heterocycles. The first-order chi connectivity index (χ1) is 11.5. The van der Waals surface area contributed by atoms with Crippen molar-refractivity contribution in [2.45, 2.75) is 40.3 Å². The lowest BCUT2D eigenvalue weighted by atomic mass is 10.1. The van der Waals surface area contributed by atoms with E-state index in [0.29, 0.717) is 13.2 Å². The predicted molar refractivity (Wildman–Crippen MR) is 95.5 cm³/mol. The molecular formula is C20H25NO3. The number of benzene rings is 2. The number of rotatable bonds is 7. The molecule has 0 spiro atoms. The molecule has 24 heavy (non-hydrogen) atoms. The van der Waals surface area contributed by atoms with Crippen molar-refractivity contribution >= 4 is 5.91 Å². The third-order valence-corrected chi connectivity index (χ3v) is 3.93. The molecular weight excluding hydrogens is 302 g/mol. The molecule has 4 heteroatoms. The molecule has 2 rings (SSSR count). The van der Waals surface area contributed by atoms with Gasteiger partial charge in [0, 0.05) is 6.54 Å². The third-order valence-electron chi connectivity index (χ3n) is 3.93. The van der Waals surface area contributed by atoms with E-state index >= 15 is 0 Å². The number of ether oxygens (including phenoxy) is 2. The number of hydrogen-bond acceptors (Lipinski definition) is 3. The summed E-state index contributed by atoms with van der Waals surface area (Å²) < 4.78 is 11.2. The van der Waals surface area contributed by atoms with Crippen LogP contribution in [0, 0.1) is 13.8 Å². The SMILES string of the molecule is CCOc1ccc(CNC(=O)C(C)Oc2cccc(C)c2C)cc1. The van der Waals surface area contributed by atoms with Crippen LogP contribution in [0.2, 0.25) is 0 Å². The average Bonchev–Trinajstić information content (AvgIpc) is 2.58. The van der Waals surface area contributed by atoms with Crippen molar-refractivity contribution in [3.63, 3.8) is 0 Å². The van der Waals surface area contributed by atoms with Gasteiger partial charge in [-0.05, 0) is 62.6 Å². The quantitative estimate of drug-likeness (QED) is 0.842. The second-order valence-electron chi connectivity index (χ2n) is 5.75. The van der Waals surface area contributed by atoms with E-state index in [1.165, 1.54) is 0 Å². The summed E-state index contributed by atoms with van der Waals surface area (Å²) in [7, 11) is 0. The van der Waals surface area contributed by atoms with E-state index in [1.54, 1.807) is 6.92 Å². The number of nitrogens with one attached hydrogen (secondary N) is 1. The first-order valence-corrected chi connectivity index (χ1v) is 8.23. The minimum absolute atomic E-state index is 0.134. The highest BCUT2D eigenvalue weighted by atomic mass is 16.5. The lowest BCUT2D eigenvalue weighted by Crippen LogP contribution is -2.36. The number of amides is 1. The normalized spacial score (nSPS) is 11.7. The molecule has 0 saturated carbocycles. The van der Waals surface area contributed by atoms with Crippen LogP contribution in [-0.2, 0) is 11.3 Å². The first-order valence-electron chi connectivity index (χ1n) is 8.23. The van der Waals surface area contributed by atoms with Gasteiger partial charge in [-0.25, -0.2) is 0 Å². The van der Waals surface area contributed by atoms with Crippen LogP contribution in [0.1, 0.15) is 30.5 Å². The Morgan fingerprint density at radius 3 is 2.50 bits per heavy atom. The standard InChI is InChI=1S/C20H25NO3/c1-5-23-18-11-9-17(10-12-18)13-21-20(22)16(4)24-19-8-6-7-14(2)15(19)3/h6-12,16H,5,13H2,1-4H3,(H,21,22). The van der Waals surface area contributed by atoms with Crippen molar-refractivity contribution in [2.75, 3.05) is 6.61 Å². The molecule has 0 saturated heterocycles. The van der Waals surface area contributed by atoms with Crippen molar-refractivity contribution in [3.05, 3.63) is 59.2 Å². The Hall–Kier alpha value is -2.49. The lowest BCUT2D eigenvalue weighted by molar-refractivity contribution is -0.127. The predicted octanol–water partition coefficient (Wildman–Crippen LogP) is 3.79. The minimum atomic E-state index is -0.548. The Balaban J connectivity index is 1.88. The maximum Gasteiger partial charge on any atom is 0.261 e. The van der Waals surface area contributed by atoms with Crippen LogP contribution in [0.25, 0.3) is 0 Å². The van der Waals surface area contributed by atoms with Gasteiger partial charge in [0.05, 0.1) is 6.61 Å². The van der Waals surface area contributed by atoms with Crippen LogP contribution >= 0.6 is 0 Å². The fourth-order valence-corrected chi connectivity index (χ4v) is 2.30. The number of hydrogen-bond donors (Lipinski definition) is 1. The van der Waals surface area contributed by atoms with E-state index in [1.807, 2.05) is 63.2 Å². The summed E-state index contributed by atoms with van der Waals surface area (Å²) >= 11 is 0. The van der Waals surface area contributed by atoms with E-state index < -0.39 is 6.10 Å². The molecule has 0 radical (unpaired) electrons. The van der Waals surface area contributed by atoms with Crippen molar-refractivity contribution in [3.8, 4) is 11.5 Å². The molecule has 0 bridgehead atoms. The zero-order valence-corrected chi connectivity index (χ0v) is 14.8. The highest BCUT2D eigenvalue weighted by Crippen LogP contribution is 2.21. The second-order valence-corrected chi connectivity index (χ2v) is 5.75. The Labute approximate surface area is 143 Å². The van der Waals surface area contributed by atoms with Crippen LogP contribution < -0.4 is 14.8 Å². The van der Waals surface area contributed by atoms with Gasteiger partial charge in [0.2, 0.25) is 0 Å². The molecule has 1 N–H and O–H groups in total.